The van der Waals surface area contributed by atoms with E-state index in [0.717, 1.165) is 0 Å². The SMILES string of the molecule is CCN(C)C(=O)C(C)Nc1c(Cl)cccc1[N+](=O)[O-]. The average Bonchev–Trinajstić information content (AvgIpc) is 2.38. The molecule has 0 aromatic heterocycles. The molecule has 0 heterocycles. The topological polar surface area (TPSA) is 75.5 Å². The minimum Gasteiger partial charge on any atom is -0.367 e. The third-order valence-corrected chi connectivity index (χ3v) is 3.09. The lowest BCUT2D eigenvalue weighted by Gasteiger charge is -2.21. The van der Waals surface area contributed by atoms with Crippen LogP contribution in [0.15, 0.2) is 18.2 Å². The summed E-state index contributed by atoms with van der Waals surface area (Å²) in [6, 6.07) is 3.78. The van der Waals surface area contributed by atoms with Gasteiger partial charge in [-0.1, -0.05) is 17.7 Å². The van der Waals surface area contributed by atoms with E-state index < -0.39 is 11.0 Å². The van der Waals surface area contributed by atoms with E-state index in [-0.39, 0.29) is 22.3 Å². The summed E-state index contributed by atoms with van der Waals surface area (Å²) in [6.45, 7) is 4.06. The summed E-state index contributed by atoms with van der Waals surface area (Å²) in [5, 5.41) is 14.0. The van der Waals surface area contributed by atoms with Crippen molar-refractivity contribution in [2.75, 3.05) is 18.9 Å². The van der Waals surface area contributed by atoms with Gasteiger partial charge in [-0.15, -0.1) is 0 Å². The lowest BCUT2D eigenvalue weighted by Crippen LogP contribution is -2.39. The van der Waals surface area contributed by atoms with Crippen LogP contribution >= 0.6 is 11.6 Å². The van der Waals surface area contributed by atoms with E-state index in [0.29, 0.717) is 6.54 Å². The van der Waals surface area contributed by atoms with Crippen LogP contribution in [0.4, 0.5) is 11.4 Å². The van der Waals surface area contributed by atoms with Gasteiger partial charge in [0.1, 0.15) is 11.7 Å². The van der Waals surface area contributed by atoms with Crippen molar-refractivity contribution in [3.63, 3.8) is 0 Å². The minimum absolute atomic E-state index is 0.147. The van der Waals surface area contributed by atoms with E-state index in [1.165, 1.54) is 23.1 Å². The van der Waals surface area contributed by atoms with Crippen molar-refractivity contribution in [1.82, 2.24) is 4.90 Å². The standard InChI is InChI=1S/C12H16ClN3O3/c1-4-15(3)12(17)8(2)14-11-9(13)6-5-7-10(11)16(18)19/h5-8,14H,4H2,1-3H3. The molecule has 7 heteroatoms. The van der Waals surface area contributed by atoms with Gasteiger partial charge in [0.25, 0.3) is 5.69 Å². The van der Waals surface area contributed by atoms with Gasteiger partial charge in [-0.25, -0.2) is 0 Å². The zero-order valence-corrected chi connectivity index (χ0v) is 11.8. The lowest BCUT2D eigenvalue weighted by atomic mass is 10.2. The van der Waals surface area contributed by atoms with E-state index in [1.807, 2.05) is 6.92 Å². The minimum atomic E-state index is -0.594. The Bertz CT molecular complexity index is 493. The Balaban J connectivity index is 2.99. The zero-order valence-electron chi connectivity index (χ0n) is 11.0. The highest BCUT2D eigenvalue weighted by Gasteiger charge is 2.22. The molecule has 0 saturated carbocycles. The maximum atomic E-state index is 11.9. The summed E-state index contributed by atoms with van der Waals surface area (Å²) in [6.07, 6.45) is 0. The van der Waals surface area contributed by atoms with Crippen molar-refractivity contribution in [3.8, 4) is 0 Å². The Labute approximate surface area is 116 Å². The number of hydrogen-bond donors (Lipinski definition) is 1. The molecule has 1 rings (SSSR count). The second-order valence-electron chi connectivity index (χ2n) is 4.11. The third-order valence-electron chi connectivity index (χ3n) is 2.77. The number of nitro groups is 1. The molecule has 0 spiro atoms. The van der Waals surface area contributed by atoms with Crippen molar-refractivity contribution >= 4 is 28.9 Å². The molecule has 19 heavy (non-hydrogen) atoms. The van der Waals surface area contributed by atoms with Gasteiger partial charge in [0, 0.05) is 19.7 Å². The number of para-hydroxylation sites is 1. The highest BCUT2D eigenvalue weighted by atomic mass is 35.5. The third kappa shape index (κ3) is 3.57. The van der Waals surface area contributed by atoms with Gasteiger partial charge in [0.2, 0.25) is 5.91 Å². The Morgan fingerprint density at radius 1 is 1.58 bits per heavy atom. The molecule has 0 aliphatic heterocycles. The predicted molar refractivity (Wildman–Crippen MR) is 74.5 cm³/mol. The van der Waals surface area contributed by atoms with Gasteiger partial charge in [-0.3, -0.25) is 14.9 Å². The van der Waals surface area contributed by atoms with E-state index in [1.54, 1.807) is 14.0 Å². The van der Waals surface area contributed by atoms with Gasteiger partial charge >= 0.3 is 0 Å². The first-order valence-corrected chi connectivity index (χ1v) is 6.20. The van der Waals surface area contributed by atoms with Crippen LogP contribution in [-0.2, 0) is 4.79 Å². The first-order chi connectivity index (χ1) is 8.88. The van der Waals surface area contributed by atoms with Crippen molar-refractivity contribution < 1.29 is 9.72 Å². The van der Waals surface area contributed by atoms with E-state index >= 15 is 0 Å². The molecule has 0 saturated heterocycles. The van der Waals surface area contributed by atoms with Crippen molar-refractivity contribution in [3.05, 3.63) is 33.3 Å². The van der Waals surface area contributed by atoms with Crippen LogP contribution in [-0.4, -0.2) is 35.4 Å². The Kier molecular flexibility index (Phi) is 5.11. The van der Waals surface area contributed by atoms with Gasteiger partial charge in [-0.2, -0.15) is 0 Å². The van der Waals surface area contributed by atoms with Gasteiger partial charge in [-0.05, 0) is 19.9 Å². The number of hydrogen-bond acceptors (Lipinski definition) is 4. The number of carbonyl (C=O) groups excluding carboxylic acids is 1. The Morgan fingerprint density at radius 3 is 2.74 bits per heavy atom. The smallest absolute Gasteiger partial charge is 0.293 e. The fourth-order valence-corrected chi connectivity index (χ4v) is 1.80. The molecule has 104 valence electrons. The maximum Gasteiger partial charge on any atom is 0.293 e. The summed E-state index contributed by atoms with van der Waals surface area (Å²) in [5.74, 6) is -0.156. The number of nitro benzene ring substituents is 1. The molecule has 0 fully saturated rings. The number of anilines is 1. The molecule has 0 bridgehead atoms. The number of nitrogens with zero attached hydrogens (tertiary/aromatic N) is 2. The van der Waals surface area contributed by atoms with E-state index in [2.05, 4.69) is 5.32 Å². The van der Waals surface area contributed by atoms with Crippen molar-refractivity contribution in [2.45, 2.75) is 19.9 Å². The van der Waals surface area contributed by atoms with Gasteiger partial charge < -0.3 is 10.2 Å². The highest BCUT2D eigenvalue weighted by molar-refractivity contribution is 6.33. The first-order valence-electron chi connectivity index (χ1n) is 5.82. The summed E-state index contributed by atoms with van der Waals surface area (Å²) in [5.41, 5.74) is 0.0193. The fourth-order valence-electron chi connectivity index (χ4n) is 1.57. The molecule has 1 atom stereocenters. The number of likely N-dealkylation sites (N-methyl/N-ethyl adjacent to an activating group) is 1. The highest BCUT2D eigenvalue weighted by Crippen LogP contribution is 2.32. The molecule has 1 aromatic carbocycles. The van der Waals surface area contributed by atoms with Crippen LogP contribution in [0.3, 0.4) is 0 Å². The van der Waals surface area contributed by atoms with Crippen molar-refractivity contribution in [1.29, 1.82) is 0 Å². The predicted octanol–water partition coefficient (Wildman–Crippen LogP) is 2.53. The van der Waals surface area contributed by atoms with E-state index in [9.17, 15) is 14.9 Å². The molecule has 1 aromatic rings. The fraction of sp³-hybridized carbons (Fsp3) is 0.417. The second-order valence-corrected chi connectivity index (χ2v) is 4.52. The lowest BCUT2D eigenvalue weighted by molar-refractivity contribution is -0.384. The normalized spacial score (nSPS) is 11.8. The molecule has 1 unspecified atom stereocenters. The van der Waals surface area contributed by atoms with Gasteiger partial charge in [0.15, 0.2) is 0 Å². The number of nitrogens with one attached hydrogen (secondary N) is 1. The summed E-state index contributed by atoms with van der Waals surface area (Å²) in [4.78, 5) is 23.8. The maximum absolute atomic E-state index is 11.9. The number of halogens is 1. The second kappa shape index (κ2) is 6.38. The van der Waals surface area contributed by atoms with Gasteiger partial charge in [0.05, 0.1) is 9.95 Å². The Hall–Kier alpha value is -1.82. The first kappa shape index (κ1) is 15.2. The number of rotatable bonds is 5. The molecule has 6 nitrogen and oxygen atoms in total. The van der Waals surface area contributed by atoms with E-state index in [4.69, 9.17) is 11.6 Å². The van der Waals surface area contributed by atoms with Crippen LogP contribution in [0.5, 0.6) is 0 Å². The van der Waals surface area contributed by atoms with Crippen LogP contribution in [0, 0.1) is 10.1 Å². The monoisotopic (exact) mass is 285 g/mol. The Morgan fingerprint density at radius 2 is 2.21 bits per heavy atom. The molecule has 1 amide bonds. The summed E-state index contributed by atoms with van der Waals surface area (Å²) in [7, 11) is 1.67. The van der Waals surface area contributed by atoms with Crippen LogP contribution in [0.1, 0.15) is 13.8 Å². The van der Waals surface area contributed by atoms with Crippen molar-refractivity contribution in [2.24, 2.45) is 0 Å². The van der Waals surface area contributed by atoms with Crippen LogP contribution in [0.25, 0.3) is 0 Å². The summed E-state index contributed by atoms with van der Waals surface area (Å²) < 4.78 is 0. The molecule has 1 N–H and O–H groups in total. The number of amides is 1. The molecule has 0 aliphatic carbocycles. The molecular weight excluding hydrogens is 270 g/mol. The summed E-state index contributed by atoms with van der Waals surface area (Å²) >= 11 is 5.94. The van der Waals surface area contributed by atoms with Crippen LogP contribution in [0.2, 0.25) is 5.02 Å². The van der Waals surface area contributed by atoms with Crippen LogP contribution < -0.4 is 5.32 Å². The molecule has 0 aliphatic rings. The largest absolute Gasteiger partial charge is 0.367 e. The molecular formula is C12H16ClN3O3. The average molecular weight is 286 g/mol. The number of carbonyl (C=O) groups is 1. The number of benzene rings is 1. The zero-order chi connectivity index (χ0) is 14.6. The molecule has 0 radical (unpaired) electrons. The quantitative estimate of drug-likeness (QED) is 0.666.